The fourth-order valence-corrected chi connectivity index (χ4v) is 4.29. The van der Waals surface area contributed by atoms with Crippen molar-refractivity contribution in [1.29, 1.82) is 0 Å². The fourth-order valence-electron chi connectivity index (χ4n) is 4.29. The van der Waals surface area contributed by atoms with Crippen molar-refractivity contribution in [2.45, 2.75) is 12.8 Å². The van der Waals surface area contributed by atoms with E-state index in [0.29, 0.717) is 41.2 Å². The monoisotopic (exact) mass is 469 g/mol. The van der Waals surface area contributed by atoms with Crippen LogP contribution < -0.4 is 15.0 Å². The van der Waals surface area contributed by atoms with Gasteiger partial charge in [0.05, 0.1) is 16.8 Å². The molecule has 0 aromatic heterocycles. The van der Waals surface area contributed by atoms with Crippen molar-refractivity contribution in [2.24, 2.45) is 0 Å². The second-order valence-electron chi connectivity index (χ2n) is 8.36. The number of amides is 4. The number of hydrogen-bond acceptors (Lipinski definition) is 5. The first-order valence-corrected chi connectivity index (χ1v) is 11.4. The zero-order chi connectivity index (χ0) is 24.4. The predicted molar refractivity (Wildman–Crippen MR) is 129 cm³/mol. The van der Waals surface area contributed by atoms with Crippen molar-refractivity contribution in [2.75, 3.05) is 29.9 Å². The van der Waals surface area contributed by atoms with E-state index in [2.05, 4.69) is 5.32 Å². The van der Waals surface area contributed by atoms with Crippen LogP contribution in [0.25, 0.3) is 0 Å². The molecule has 2 aliphatic rings. The highest BCUT2D eigenvalue weighted by molar-refractivity contribution is 6.21. The van der Waals surface area contributed by atoms with Crippen molar-refractivity contribution in [3.05, 3.63) is 89.5 Å². The van der Waals surface area contributed by atoms with Gasteiger partial charge in [-0.05, 0) is 42.3 Å². The highest BCUT2D eigenvalue weighted by Crippen LogP contribution is 2.35. The lowest BCUT2D eigenvalue weighted by Crippen LogP contribution is -2.40. The molecule has 0 aliphatic carbocycles. The van der Waals surface area contributed by atoms with Crippen molar-refractivity contribution in [3.63, 3.8) is 0 Å². The molecule has 0 saturated heterocycles. The number of fused-ring (bicyclic) bond motifs is 2. The Balaban J connectivity index is 1.24. The van der Waals surface area contributed by atoms with E-state index < -0.39 is 11.8 Å². The third-order valence-corrected chi connectivity index (χ3v) is 6.09. The Kier molecular flexibility index (Phi) is 6.01. The number of benzene rings is 3. The number of nitrogens with one attached hydrogen (secondary N) is 1. The van der Waals surface area contributed by atoms with E-state index in [9.17, 15) is 19.2 Å². The number of carbonyl (C=O) groups is 4. The lowest BCUT2D eigenvalue weighted by atomic mass is 10.1. The largest absolute Gasteiger partial charge is 0.482 e. The van der Waals surface area contributed by atoms with E-state index in [0.717, 1.165) is 10.5 Å². The van der Waals surface area contributed by atoms with Gasteiger partial charge in [0.2, 0.25) is 5.91 Å². The summed E-state index contributed by atoms with van der Waals surface area (Å²) in [5.74, 6) is -0.710. The lowest BCUT2D eigenvalue weighted by Gasteiger charge is -2.30. The Hall–Kier alpha value is -4.46. The van der Waals surface area contributed by atoms with E-state index in [4.69, 9.17) is 4.74 Å². The quantitative estimate of drug-likeness (QED) is 0.536. The Labute approximate surface area is 202 Å². The molecule has 8 heteroatoms. The van der Waals surface area contributed by atoms with Crippen molar-refractivity contribution < 1.29 is 23.9 Å². The first-order valence-electron chi connectivity index (χ1n) is 11.4. The molecule has 3 aromatic rings. The normalized spacial score (nSPS) is 14.5. The fraction of sp³-hybridized carbons (Fsp3) is 0.185. The Morgan fingerprint density at radius 1 is 0.829 bits per heavy atom. The zero-order valence-electron chi connectivity index (χ0n) is 18.9. The highest BCUT2D eigenvalue weighted by atomic mass is 16.5. The van der Waals surface area contributed by atoms with E-state index in [1.54, 1.807) is 47.4 Å². The Morgan fingerprint density at radius 3 is 2.23 bits per heavy atom. The SMILES string of the molecule is O=C(CCN1C(=O)c2ccccc2C1=O)Nc1ccc2c(c1)N(CCc1ccccc1)C(=O)CO2. The molecule has 0 bridgehead atoms. The van der Waals surface area contributed by atoms with Gasteiger partial charge in [0, 0.05) is 25.2 Å². The number of carbonyl (C=O) groups excluding carboxylic acids is 4. The summed E-state index contributed by atoms with van der Waals surface area (Å²) >= 11 is 0. The van der Waals surface area contributed by atoms with Gasteiger partial charge in [-0.15, -0.1) is 0 Å². The summed E-state index contributed by atoms with van der Waals surface area (Å²) in [7, 11) is 0. The minimum Gasteiger partial charge on any atom is -0.482 e. The number of hydrogen-bond donors (Lipinski definition) is 1. The average Bonchev–Trinajstić information content (AvgIpc) is 3.12. The molecule has 3 aromatic carbocycles. The molecule has 0 saturated carbocycles. The molecular weight excluding hydrogens is 446 g/mol. The number of nitrogens with zero attached hydrogens (tertiary/aromatic N) is 2. The van der Waals surface area contributed by atoms with Gasteiger partial charge in [-0.3, -0.25) is 24.1 Å². The molecule has 0 radical (unpaired) electrons. The maximum atomic E-state index is 12.6. The van der Waals surface area contributed by atoms with Gasteiger partial charge in [-0.1, -0.05) is 42.5 Å². The number of rotatable bonds is 7. The topological polar surface area (TPSA) is 96.0 Å². The van der Waals surface area contributed by atoms with Gasteiger partial charge in [0.1, 0.15) is 5.75 Å². The summed E-state index contributed by atoms with van der Waals surface area (Å²) < 4.78 is 5.56. The van der Waals surface area contributed by atoms with E-state index in [1.807, 2.05) is 30.3 Å². The maximum absolute atomic E-state index is 12.6. The molecule has 0 atom stereocenters. The van der Waals surface area contributed by atoms with Crippen LogP contribution in [0.15, 0.2) is 72.8 Å². The first kappa shape index (κ1) is 22.3. The second-order valence-corrected chi connectivity index (χ2v) is 8.36. The van der Waals surface area contributed by atoms with Crippen LogP contribution in [0, 0.1) is 0 Å². The standard InChI is InChI=1S/C27H23N3O5/c31-24(13-15-30-26(33)20-8-4-5-9-21(20)27(30)34)28-19-10-11-23-22(16-19)29(25(32)17-35-23)14-12-18-6-2-1-3-7-18/h1-11,16H,12-15,17H2,(H,28,31). The second kappa shape index (κ2) is 9.42. The van der Waals surface area contributed by atoms with Crippen LogP contribution in [-0.2, 0) is 16.0 Å². The third-order valence-electron chi connectivity index (χ3n) is 6.09. The number of imide groups is 1. The van der Waals surface area contributed by atoms with E-state index in [-0.39, 0.29) is 31.4 Å². The summed E-state index contributed by atoms with van der Waals surface area (Å²) in [5, 5.41) is 2.79. The van der Waals surface area contributed by atoms with Crippen LogP contribution in [0.1, 0.15) is 32.7 Å². The van der Waals surface area contributed by atoms with Gasteiger partial charge in [-0.2, -0.15) is 0 Å². The maximum Gasteiger partial charge on any atom is 0.265 e. The molecule has 0 unspecified atom stereocenters. The Morgan fingerprint density at radius 2 is 1.51 bits per heavy atom. The van der Waals surface area contributed by atoms with Crippen LogP contribution in [0.5, 0.6) is 5.75 Å². The molecule has 0 spiro atoms. The summed E-state index contributed by atoms with van der Waals surface area (Å²) in [6, 6.07) is 21.6. The molecule has 1 N–H and O–H groups in total. The van der Waals surface area contributed by atoms with Gasteiger partial charge >= 0.3 is 0 Å². The summed E-state index contributed by atoms with van der Waals surface area (Å²) in [5.41, 5.74) is 2.92. The highest BCUT2D eigenvalue weighted by Gasteiger charge is 2.35. The van der Waals surface area contributed by atoms with Gasteiger partial charge < -0.3 is 15.0 Å². The van der Waals surface area contributed by atoms with Crippen LogP contribution in [0.4, 0.5) is 11.4 Å². The molecule has 5 rings (SSSR count). The van der Waals surface area contributed by atoms with Crippen molar-refractivity contribution in [3.8, 4) is 5.75 Å². The van der Waals surface area contributed by atoms with Crippen LogP contribution in [-0.4, -0.2) is 48.2 Å². The van der Waals surface area contributed by atoms with Crippen LogP contribution in [0.2, 0.25) is 0 Å². The molecule has 2 aliphatic heterocycles. The molecular formula is C27H23N3O5. The molecule has 4 amide bonds. The van der Waals surface area contributed by atoms with Gasteiger partial charge in [0.15, 0.2) is 6.61 Å². The number of anilines is 2. The molecule has 35 heavy (non-hydrogen) atoms. The van der Waals surface area contributed by atoms with Crippen LogP contribution in [0.3, 0.4) is 0 Å². The smallest absolute Gasteiger partial charge is 0.265 e. The third kappa shape index (κ3) is 4.50. The molecule has 2 heterocycles. The molecule has 0 fully saturated rings. The Bertz CT molecular complexity index is 1290. The molecule has 8 nitrogen and oxygen atoms in total. The van der Waals surface area contributed by atoms with Gasteiger partial charge in [0.25, 0.3) is 17.7 Å². The van der Waals surface area contributed by atoms with E-state index in [1.165, 1.54) is 0 Å². The predicted octanol–water partition coefficient (Wildman–Crippen LogP) is 3.28. The van der Waals surface area contributed by atoms with Crippen molar-refractivity contribution in [1.82, 2.24) is 4.90 Å². The van der Waals surface area contributed by atoms with E-state index >= 15 is 0 Å². The van der Waals surface area contributed by atoms with Crippen molar-refractivity contribution >= 4 is 35.0 Å². The minimum atomic E-state index is -0.392. The summed E-state index contributed by atoms with van der Waals surface area (Å²) in [6.45, 7) is 0.429. The minimum absolute atomic E-state index is 0.0199. The molecule has 176 valence electrons. The zero-order valence-corrected chi connectivity index (χ0v) is 18.9. The van der Waals surface area contributed by atoms with Crippen LogP contribution >= 0.6 is 0 Å². The number of ether oxygens (including phenoxy) is 1. The first-order chi connectivity index (χ1) is 17.0. The summed E-state index contributed by atoms with van der Waals surface area (Å²) in [6.07, 6.45) is 0.637. The lowest BCUT2D eigenvalue weighted by molar-refractivity contribution is -0.121. The summed E-state index contributed by atoms with van der Waals surface area (Å²) in [4.78, 5) is 52.9. The average molecular weight is 469 g/mol. The van der Waals surface area contributed by atoms with Gasteiger partial charge in [-0.25, -0.2) is 0 Å².